The molecule has 4 nitrogen and oxygen atoms in total. The van der Waals surface area contributed by atoms with Gasteiger partial charge in [-0.1, -0.05) is 48.5 Å². The van der Waals surface area contributed by atoms with Gasteiger partial charge in [0.25, 0.3) is 0 Å². The first-order valence-corrected chi connectivity index (χ1v) is 7.44. The fourth-order valence-electron chi connectivity index (χ4n) is 2.85. The third-order valence-electron chi connectivity index (χ3n) is 3.96. The van der Waals surface area contributed by atoms with Crippen LogP contribution in [0, 0.1) is 0 Å². The lowest BCUT2D eigenvalue weighted by Gasteiger charge is -2.23. The van der Waals surface area contributed by atoms with Crippen LogP contribution in [0.3, 0.4) is 0 Å². The standard InChI is InChI=1S/C18H19NO3/c20-18(21)17-11-16(22-13-14-7-3-1-4-8-14)12-19(17)15-9-5-2-6-10-15/h1-10,16-17H,11-13H2,(H,20,21)/t16-,17+/m1/s1. The van der Waals surface area contributed by atoms with Gasteiger partial charge in [0.1, 0.15) is 6.04 Å². The number of carboxylic acid groups (broad SMARTS) is 1. The highest BCUT2D eigenvalue weighted by atomic mass is 16.5. The number of benzene rings is 2. The first-order chi connectivity index (χ1) is 10.7. The van der Waals surface area contributed by atoms with E-state index in [1.54, 1.807) is 0 Å². The van der Waals surface area contributed by atoms with E-state index < -0.39 is 12.0 Å². The van der Waals surface area contributed by atoms with Crippen molar-refractivity contribution in [2.24, 2.45) is 0 Å². The summed E-state index contributed by atoms with van der Waals surface area (Å²) in [5.74, 6) is -0.797. The van der Waals surface area contributed by atoms with Crippen LogP contribution in [0.15, 0.2) is 60.7 Å². The summed E-state index contributed by atoms with van der Waals surface area (Å²) in [6.07, 6.45) is 0.443. The Morgan fingerprint density at radius 3 is 2.36 bits per heavy atom. The molecule has 0 bridgehead atoms. The van der Waals surface area contributed by atoms with Crippen molar-refractivity contribution in [2.75, 3.05) is 11.4 Å². The largest absolute Gasteiger partial charge is 0.480 e. The number of carboxylic acids is 1. The van der Waals surface area contributed by atoms with Crippen molar-refractivity contribution in [1.29, 1.82) is 0 Å². The molecule has 0 saturated carbocycles. The van der Waals surface area contributed by atoms with E-state index in [0.717, 1.165) is 11.3 Å². The highest BCUT2D eigenvalue weighted by Crippen LogP contribution is 2.27. The van der Waals surface area contributed by atoms with E-state index in [1.807, 2.05) is 65.6 Å². The smallest absolute Gasteiger partial charge is 0.326 e. The van der Waals surface area contributed by atoms with Gasteiger partial charge in [-0.15, -0.1) is 0 Å². The molecule has 2 aromatic rings. The normalized spacial score (nSPS) is 21.0. The molecule has 4 heteroatoms. The van der Waals surface area contributed by atoms with Crippen LogP contribution in [-0.2, 0) is 16.1 Å². The van der Waals surface area contributed by atoms with Crippen LogP contribution in [-0.4, -0.2) is 29.8 Å². The molecular formula is C18H19NO3. The van der Waals surface area contributed by atoms with Gasteiger partial charge in [0.2, 0.25) is 0 Å². The van der Waals surface area contributed by atoms with Crippen molar-refractivity contribution >= 4 is 11.7 Å². The van der Waals surface area contributed by atoms with Gasteiger partial charge in [0.05, 0.1) is 12.7 Å². The summed E-state index contributed by atoms with van der Waals surface area (Å²) in [4.78, 5) is 13.4. The molecule has 1 fully saturated rings. The molecule has 2 atom stereocenters. The second-order valence-electron chi connectivity index (χ2n) is 5.50. The Hall–Kier alpha value is -2.33. The van der Waals surface area contributed by atoms with E-state index in [4.69, 9.17) is 4.74 Å². The lowest BCUT2D eigenvalue weighted by atomic mass is 10.2. The number of hydrogen-bond donors (Lipinski definition) is 1. The SMILES string of the molecule is O=C(O)[C@@H]1C[C@@H](OCc2ccccc2)CN1c1ccccc1. The molecule has 1 saturated heterocycles. The molecule has 0 amide bonds. The van der Waals surface area contributed by atoms with Gasteiger partial charge in [-0.05, 0) is 17.7 Å². The zero-order chi connectivity index (χ0) is 15.4. The molecule has 3 rings (SSSR count). The maximum Gasteiger partial charge on any atom is 0.326 e. The molecule has 1 heterocycles. The molecular weight excluding hydrogens is 278 g/mol. The number of ether oxygens (including phenoxy) is 1. The molecule has 1 N–H and O–H groups in total. The van der Waals surface area contributed by atoms with E-state index >= 15 is 0 Å². The summed E-state index contributed by atoms with van der Waals surface area (Å²) >= 11 is 0. The minimum Gasteiger partial charge on any atom is -0.480 e. The zero-order valence-electron chi connectivity index (χ0n) is 12.3. The number of carbonyl (C=O) groups is 1. The van der Waals surface area contributed by atoms with Crippen molar-refractivity contribution in [3.8, 4) is 0 Å². The Labute approximate surface area is 130 Å². The summed E-state index contributed by atoms with van der Waals surface area (Å²) in [5, 5.41) is 9.45. The van der Waals surface area contributed by atoms with E-state index in [2.05, 4.69) is 0 Å². The van der Waals surface area contributed by atoms with Gasteiger partial charge in [-0.2, -0.15) is 0 Å². The monoisotopic (exact) mass is 297 g/mol. The molecule has 0 radical (unpaired) electrons. The molecule has 0 aromatic heterocycles. The van der Waals surface area contributed by atoms with Crippen LogP contribution in [0.25, 0.3) is 0 Å². The number of aliphatic carboxylic acids is 1. The van der Waals surface area contributed by atoms with Gasteiger partial charge in [0.15, 0.2) is 0 Å². The average molecular weight is 297 g/mol. The summed E-state index contributed by atoms with van der Waals surface area (Å²) in [6, 6.07) is 19.1. The first-order valence-electron chi connectivity index (χ1n) is 7.44. The van der Waals surface area contributed by atoms with Crippen molar-refractivity contribution in [2.45, 2.75) is 25.2 Å². The highest BCUT2D eigenvalue weighted by Gasteiger charge is 2.37. The maximum atomic E-state index is 11.5. The lowest BCUT2D eigenvalue weighted by molar-refractivity contribution is -0.138. The Morgan fingerprint density at radius 2 is 1.73 bits per heavy atom. The number of anilines is 1. The third kappa shape index (κ3) is 3.28. The van der Waals surface area contributed by atoms with E-state index in [0.29, 0.717) is 19.6 Å². The fourth-order valence-corrected chi connectivity index (χ4v) is 2.85. The van der Waals surface area contributed by atoms with Crippen LogP contribution >= 0.6 is 0 Å². The van der Waals surface area contributed by atoms with Crippen LogP contribution in [0.1, 0.15) is 12.0 Å². The molecule has 1 aliphatic rings. The molecule has 0 aliphatic carbocycles. The second kappa shape index (κ2) is 6.62. The predicted octanol–water partition coefficient (Wildman–Crippen LogP) is 2.94. The highest BCUT2D eigenvalue weighted by molar-refractivity contribution is 5.79. The molecule has 1 aliphatic heterocycles. The molecule has 0 unspecified atom stereocenters. The van der Waals surface area contributed by atoms with E-state index in [9.17, 15) is 9.90 Å². The number of hydrogen-bond acceptors (Lipinski definition) is 3. The molecule has 0 spiro atoms. The van der Waals surface area contributed by atoms with Gasteiger partial charge in [0, 0.05) is 18.7 Å². The Morgan fingerprint density at radius 1 is 1.09 bits per heavy atom. The van der Waals surface area contributed by atoms with Crippen molar-refractivity contribution in [3.05, 3.63) is 66.2 Å². The third-order valence-corrected chi connectivity index (χ3v) is 3.96. The number of rotatable bonds is 5. The molecule has 2 aromatic carbocycles. The average Bonchev–Trinajstić information content (AvgIpc) is 2.99. The summed E-state index contributed by atoms with van der Waals surface area (Å²) < 4.78 is 5.92. The maximum absolute atomic E-state index is 11.5. The number of para-hydroxylation sites is 1. The Kier molecular flexibility index (Phi) is 4.39. The van der Waals surface area contributed by atoms with Gasteiger partial charge in [-0.25, -0.2) is 4.79 Å². The quantitative estimate of drug-likeness (QED) is 0.922. The van der Waals surface area contributed by atoms with Crippen LogP contribution in [0.4, 0.5) is 5.69 Å². The minimum atomic E-state index is -0.797. The Bertz CT molecular complexity index is 615. The summed E-state index contributed by atoms with van der Waals surface area (Å²) in [5.41, 5.74) is 2.04. The lowest BCUT2D eigenvalue weighted by Crippen LogP contribution is -2.35. The van der Waals surface area contributed by atoms with Crippen LogP contribution in [0.2, 0.25) is 0 Å². The fraction of sp³-hybridized carbons (Fsp3) is 0.278. The predicted molar refractivity (Wildman–Crippen MR) is 84.8 cm³/mol. The zero-order valence-corrected chi connectivity index (χ0v) is 12.3. The van der Waals surface area contributed by atoms with Crippen LogP contribution < -0.4 is 4.90 Å². The number of nitrogens with zero attached hydrogens (tertiary/aromatic N) is 1. The topological polar surface area (TPSA) is 49.8 Å². The molecule has 114 valence electrons. The van der Waals surface area contributed by atoms with Gasteiger partial charge >= 0.3 is 5.97 Å². The Balaban J connectivity index is 1.67. The minimum absolute atomic E-state index is 0.0680. The second-order valence-corrected chi connectivity index (χ2v) is 5.50. The van der Waals surface area contributed by atoms with Crippen molar-refractivity contribution in [3.63, 3.8) is 0 Å². The molecule has 22 heavy (non-hydrogen) atoms. The first kappa shape index (κ1) is 14.6. The summed E-state index contributed by atoms with van der Waals surface area (Å²) in [7, 11) is 0. The van der Waals surface area contributed by atoms with Gasteiger partial charge in [-0.3, -0.25) is 0 Å². The summed E-state index contributed by atoms with van der Waals surface area (Å²) in [6.45, 7) is 1.12. The van der Waals surface area contributed by atoms with Crippen LogP contribution in [0.5, 0.6) is 0 Å². The van der Waals surface area contributed by atoms with Crippen molar-refractivity contribution in [1.82, 2.24) is 0 Å². The van der Waals surface area contributed by atoms with E-state index in [1.165, 1.54) is 0 Å². The van der Waals surface area contributed by atoms with Crippen molar-refractivity contribution < 1.29 is 14.6 Å². The van der Waals surface area contributed by atoms with E-state index in [-0.39, 0.29) is 6.10 Å². The van der Waals surface area contributed by atoms with Gasteiger partial charge < -0.3 is 14.7 Å².